The number of furan rings is 1. The van der Waals surface area contributed by atoms with Crippen LogP contribution in [0, 0.1) is 0 Å². The molecule has 142 valence electrons. The zero-order valence-corrected chi connectivity index (χ0v) is 16.0. The highest BCUT2D eigenvalue weighted by Gasteiger charge is 2.20. The topological polar surface area (TPSA) is 105 Å². The van der Waals surface area contributed by atoms with Crippen LogP contribution in [0.1, 0.15) is 18.7 Å². The Hall–Kier alpha value is -2.36. The fourth-order valence-corrected chi connectivity index (χ4v) is 3.24. The number of ether oxygens (including phenoxy) is 1. The van der Waals surface area contributed by atoms with Gasteiger partial charge in [-0.15, -0.1) is 0 Å². The number of anilines is 1. The standard InChI is InChI=1S/C17H23N3O5S/c1-12(15-6-5-9-25-15)18-11-17(21)19-14-10-13(7-8-16(14)24-4)26(22,23)20(2)3/h5-10,12,18H,11H2,1-4H3,(H,19,21)/p+1/t12-/m1/s1. The van der Waals surface area contributed by atoms with Crippen molar-refractivity contribution in [3.63, 3.8) is 0 Å². The quantitative estimate of drug-likeness (QED) is 0.703. The van der Waals surface area contributed by atoms with Crippen molar-refractivity contribution in [3.05, 3.63) is 42.4 Å². The molecule has 0 saturated heterocycles. The van der Waals surface area contributed by atoms with E-state index in [2.05, 4.69) is 5.32 Å². The average Bonchev–Trinajstić information content (AvgIpc) is 3.14. The number of carbonyl (C=O) groups excluding carboxylic acids is 1. The van der Waals surface area contributed by atoms with Crippen molar-refractivity contribution in [2.75, 3.05) is 33.1 Å². The first-order chi connectivity index (χ1) is 12.3. The second-order valence-electron chi connectivity index (χ2n) is 5.94. The second kappa shape index (κ2) is 8.35. The first kappa shape index (κ1) is 20.0. The van der Waals surface area contributed by atoms with Crippen molar-refractivity contribution in [1.82, 2.24) is 4.31 Å². The molecule has 0 radical (unpaired) electrons. The van der Waals surface area contributed by atoms with Gasteiger partial charge in [0, 0.05) is 14.1 Å². The zero-order valence-electron chi connectivity index (χ0n) is 15.2. The van der Waals surface area contributed by atoms with Gasteiger partial charge in [0.05, 0.1) is 24.0 Å². The summed E-state index contributed by atoms with van der Waals surface area (Å²) < 4.78 is 36.2. The van der Waals surface area contributed by atoms with E-state index >= 15 is 0 Å². The Morgan fingerprint density at radius 2 is 2.08 bits per heavy atom. The molecule has 0 fully saturated rings. The fraction of sp³-hybridized carbons (Fsp3) is 0.353. The molecule has 0 aliphatic heterocycles. The largest absolute Gasteiger partial charge is 0.495 e. The number of amides is 1. The minimum atomic E-state index is -3.61. The normalized spacial score (nSPS) is 12.8. The van der Waals surface area contributed by atoms with Crippen molar-refractivity contribution in [3.8, 4) is 5.75 Å². The van der Waals surface area contributed by atoms with Gasteiger partial charge < -0.3 is 19.8 Å². The first-order valence-electron chi connectivity index (χ1n) is 8.03. The van der Waals surface area contributed by atoms with Gasteiger partial charge in [0.25, 0.3) is 5.91 Å². The van der Waals surface area contributed by atoms with Gasteiger partial charge in [-0.1, -0.05) is 0 Å². The molecule has 3 N–H and O–H groups in total. The summed E-state index contributed by atoms with van der Waals surface area (Å²) in [6, 6.07) is 7.97. The second-order valence-corrected chi connectivity index (χ2v) is 8.09. The van der Waals surface area contributed by atoms with Gasteiger partial charge in [0.2, 0.25) is 10.0 Å². The third-order valence-electron chi connectivity index (χ3n) is 3.87. The van der Waals surface area contributed by atoms with Crippen LogP contribution in [0.4, 0.5) is 5.69 Å². The van der Waals surface area contributed by atoms with E-state index in [0.717, 1.165) is 10.1 Å². The third-order valence-corrected chi connectivity index (χ3v) is 5.68. The van der Waals surface area contributed by atoms with Crippen molar-refractivity contribution in [2.45, 2.75) is 17.9 Å². The number of hydrogen-bond acceptors (Lipinski definition) is 5. The molecule has 1 heterocycles. The van der Waals surface area contributed by atoms with Crippen LogP contribution in [0.15, 0.2) is 45.9 Å². The lowest BCUT2D eigenvalue weighted by Crippen LogP contribution is -2.86. The summed E-state index contributed by atoms with van der Waals surface area (Å²) in [5.74, 6) is 0.880. The minimum Gasteiger partial charge on any atom is -0.495 e. The van der Waals surface area contributed by atoms with Gasteiger partial charge in [-0.05, 0) is 37.3 Å². The molecule has 1 amide bonds. The maximum absolute atomic E-state index is 12.3. The number of sulfonamides is 1. The number of rotatable bonds is 8. The Morgan fingerprint density at radius 3 is 2.65 bits per heavy atom. The predicted octanol–water partition coefficient (Wildman–Crippen LogP) is 0.802. The Bertz CT molecular complexity index is 847. The number of nitrogens with zero attached hydrogens (tertiary/aromatic N) is 1. The maximum Gasteiger partial charge on any atom is 0.279 e. The fourth-order valence-electron chi connectivity index (χ4n) is 2.31. The van der Waals surface area contributed by atoms with Crippen LogP contribution in [0.3, 0.4) is 0 Å². The molecule has 0 bridgehead atoms. The molecule has 0 saturated carbocycles. The van der Waals surface area contributed by atoms with Crippen LogP contribution in [0.2, 0.25) is 0 Å². The lowest BCUT2D eigenvalue weighted by molar-refractivity contribution is -0.684. The van der Waals surface area contributed by atoms with Crippen LogP contribution in [0.5, 0.6) is 5.75 Å². The number of hydrogen-bond donors (Lipinski definition) is 2. The molecular formula is C17H24N3O5S+. The van der Waals surface area contributed by atoms with E-state index in [1.54, 1.807) is 12.3 Å². The maximum atomic E-state index is 12.3. The zero-order chi connectivity index (χ0) is 19.3. The summed E-state index contributed by atoms with van der Waals surface area (Å²) in [4.78, 5) is 12.3. The lowest BCUT2D eigenvalue weighted by Gasteiger charge is -2.15. The van der Waals surface area contributed by atoms with E-state index in [1.807, 2.05) is 18.3 Å². The summed E-state index contributed by atoms with van der Waals surface area (Å²) >= 11 is 0. The molecule has 26 heavy (non-hydrogen) atoms. The molecule has 2 rings (SSSR count). The number of nitrogens with two attached hydrogens (primary N) is 1. The van der Waals surface area contributed by atoms with E-state index in [0.29, 0.717) is 11.4 Å². The van der Waals surface area contributed by atoms with Crippen LogP contribution >= 0.6 is 0 Å². The molecule has 0 unspecified atom stereocenters. The Kier molecular flexibility index (Phi) is 6.41. The smallest absolute Gasteiger partial charge is 0.279 e. The number of benzene rings is 1. The number of nitrogens with one attached hydrogen (secondary N) is 1. The van der Waals surface area contributed by atoms with Crippen LogP contribution in [-0.4, -0.2) is 46.4 Å². The van der Waals surface area contributed by atoms with Crippen LogP contribution < -0.4 is 15.4 Å². The number of quaternary nitrogens is 1. The van der Waals surface area contributed by atoms with Crippen molar-refractivity contribution >= 4 is 21.6 Å². The highest BCUT2D eigenvalue weighted by atomic mass is 32.2. The number of carbonyl (C=O) groups is 1. The molecule has 1 aromatic heterocycles. The van der Waals surface area contributed by atoms with Crippen molar-refractivity contribution in [2.24, 2.45) is 0 Å². The summed E-state index contributed by atoms with van der Waals surface area (Å²) in [5.41, 5.74) is 0.305. The first-order valence-corrected chi connectivity index (χ1v) is 9.47. The highest BCUT2D eigenvalue weighted by molar-refractivity contribution is 7.89. The van der Waals surface area contributed by atoms with Crippen LogP contribution in [0.25, 0.3) is 0 Å². The molecule has 0 aliphatic rings. The van der Waals surface area contributed by atoms with Gasteiger partial charge >= 0.3 is 0 Å². The highest BCUT2D eigenvalue weighted by Crippen LogP contribution is 2.28. The monoisotopic (exact) mass is 382 g/mol. The summed E-state index contributed by atoms with van der Waals surface area (Å²) in [5, 5.41) is 4.53. The van der Waals surface area contributed by atoms with E-state index in [-0.39, 0.29) is 23.4 Å². The van der Waals surface area contributed by atoms with Gasteiger partial charge in [0.1, 0.15) is 11.8 Å². The van der Waals surface area contributed by atoms with Gasteiger partial charge in [-0.3, -0.25) is 4.79 Å². The molecule has 0 aliphatic carbocycles. The summed E-state index contributed by atoms with van der Waals surface area (Å²) in [6.45, 7) is 2.08. The predicted molar refractivity (Wildman–Crippen MR) is 96.4 cm³/mol. The van der Waals surface area contributed by atoms with Crippen molar-refractivity contribution < 1.29 is 27.7 Å². The molecular weight excluding hydrogens is 358 g/mol. The van der Waals surface area contributed by atoms with Crippen LogP contribution in [-0.2, 0) is 14.8 Å². The Labute approximate surface area is 153 Å². The molecule has 1 aromatic carbocycles. The minimum absolute atomic E-state index is 0.0156. The summed E-state index contributed by atoms with van der Waals surface area (Å²) in [6.07, 6.45) is 1.58. The Morgan fingerprint density at radius 1 is 1.35 bits per heavy atom. The average molecular weight is 382 g/mol. The molecule has 0 spiro atoms. The molecule has 9 heteroatoms. The summed E-state index contributed by atoms with van der Waals surface area (Å²) in [7, 11) is 0.740. The van der Waals surface area contributed by atoms with Gasteiger partial charge in [0.15, 0.2) is 12.3 Å². The van der Waals surface area contributed by atoms with E-state index in [1.165, 1.54) is 39.4 Å². The van der Waals surface area contributed by atoms with E-state index in [4.69, 9.17) is 9.15 Å². The lowest BCUT2D eigenvalue weighted by atomic mass is 10.2. The van der Waals surface area contributed by atoms with E-state index < -0.39 is 10.0 Å². The SMILES string of the molecule is COc1ccc(S(=O)(=O)N(C)C)cc1NC(=O)C[NH2+][C@H](C)c1ccco1. The van der Waals surface area contributed by atoms with Gasteiger partial charge in [-0.2, -0.15) is 0 Å². The Balaban J connectivity index is 2.10. The van der Waals surface area contributed by atoms with E-state index in [9.17, 15) is 13.2 Å². The molecule has 8 nitrogen and oxygen atoms in total. The van der Waals surface area contributed by atoms with Gasteiger partial charge in [-0.25, -0.2) is 12.7 Å². The molecule has 1 atom stereocenters. The molecule has 2 aromatic rings. The number of methoxy groups -OCH3 is 1. The van der Waals surface area contributed by atoms with Crippen molar-refractivity contribution in [1.29, 1.82) is 0 Å². The third kappa shape index (κ3) is 4.63.